The Morgan fingerprint density at radius 2 is 2.04 bits per heavy atom. The van der Waals surface area contributed by atoms with E-state index >= 15 is 0 Å². The van der Waals surface area contributed by atoms with Crippen LogP contribution in [-0.4, -0.2) is 33.5 Å². The minimum absolute atomic E-state index is 0.219. The molecule has 2 heterocycles. The van der Waals surface area contributed by atoms with Gasteiger partial charge in [-0.3, -0.25) is 4.79 Å². The maximum atomic E-state index is 12.3. The van der Waals surface area contributed by atoms with Gasteiger partial charge in [0.05, 0.1) is 13.7 Å². The largest absolute Gasteiger partial charge is 0.497 e. The molecule has 3 rings (SSSR count). The smallest absolute Gasteiger partial charge is 0.268 e. The highest BCUT2D eigenvalue weighted by Gasteiger charge is 2.15. The number of aromatic amines is 1. The number of carbonyl (C=O) groups excluding carboxylic acids is 1. The van der Waals surface area contributed by atoms with E-state index in [4.69, 9.17) is 4.74 Å². The monoisotopic (exact) mass is 379 g/mol. The molecule has 0 fully saturated rings. The van der Waals surface area contributed by atoms with Crippen LogP contribution in [0.4, 0.5) is 0 Å². The molecule has 1 aromatic carbocycles. The minimum atomic E-state index is -3.45. The third kappa shape index (κ3) is 3.68. The summed E-state index contributed by atoms with van der Waals surface area (Å²) in [6, 6.07) is 10.5. The number of carbonyl (C=O) groups is 1. The molecule has 0 radical (unpaired) electrons. The van der Waals surface area contributed by atoms with E-state index in [1.807, 2.05) is 18.2 Å². The average molecular weight is 379 g/mol. The van der Waals surface area contributed by atoms with Gasteiger partial charge in [-0.1, -0.05) is 0 Å². The van der Waals surface area contributed by atoms with Crippen molar-refractivity contribution >= 4 is 38.2 Å². The maximum Gasteiger partial charge on any atom is 0.268 e. The summed E-state index contributed by atoms with van der Waals surface area (Å²) >= 11 is 1.12. The number of ether oxygens (including phenoxy) is 1. The zero-order chi connectivity index (χ0) is 18.0. The fraction of sp³-hybridized carbons (Fsp3) is 0.188. The van der Waals surface area contributed by atoms with Gasteiger partial charge >= 0.3 is 0 Å². The van der Waals surface area contributed by atoms with Crippen LogP contribution < -0.4 is 14.8 Å². The van der Waals surface area contributed by atoms with E-state index in [0.717, 1.165) is 27.1 Å². The van der Waals surface area contributed by atoms with E-state index in [9.17, 15) is 13.2 Å². The van der Waals surface area contributed by atoms with E-state index in [0.29, 0.717) is 11.4 Å². The van der Waals surface area contributed by atoms with Crippen LogP contribution in [-0.2, 0) is 16.6 Å². The standard InChI is InChI=1S/C16H17N3O4S2/c1-17-25(21,22)15-6-5-12(24-15)9-18-16(20)14-7-10-3-4-11(23-2)8-13(10)19-14/h3-8,17,19H,9H2,1-2H3,(H,18,20). The lowest BCUT2D eigenvalue weighted by molar-refractivity contribution is 0.0947. The van der Waals surface area contributed by atoms with Crippen molar-refractivity contribution in [2.45, 2.75) is 10.8 Å². The summed E-state index contributed by atoms with van der Waals surface area (Å²) in [4.78, 5) is 16.1. The van der Waals surface area contributed by atoms with Gasteiger partial charge in [-0.2, -0.15) is 0 Å². The molecule has 0 aliphatic heterocycles. The van der Waals surface area contributed by atoms with E-state index in [2.05, 4.69) is 15.0 Å². The molecule has 1 amide bonds. The van der Waals surface area contributed by atoms with Crippen LogP contribution in [0.15, 0.2) is 40.6 Å². The first-order valence-electron chi connectivity index (χ1n) is 7.40. The van der Waals surface area contributed by atoms with E-state index in [1.54, 1.807) is 19.2 Å². The Morgan fingerprint density at radius 1 is 1.24 bits per heavy atom. The van der Waals surface area contributed by atoms with Gasteiger partial charge in [-0.15, -0.1) is 11.3 Å². The fourth-order valence-corrected chi connectivity index (χ4v) is 4.45. The highest BCUT2D eigenvalue weighted by molar-refractivity contribution is 7.91. The van der Waals surface area contributed by atoms with Crippen molar-refractivity contribution in [1.29, 1.82) is 0 Å². The Morgan fingerprint density at radius 3 is 2.76 bits per heavy atom. The Bertz CT molecular complexity index is 1020. The van der Waals surface area contributed by atoms with Crippen LogP contribution in [0.3, 0.4) is 0 Å². The number of nitrogens with one attached hydrogen (secondary N) is 3. The van der Waals surface area contributed by atoms with Crippen LogP contribution in [0.5, 0.6) is 5.75 Å². The third-order valence-electron chi connectivity index (χ3n) is 3.67. The molecule has 0 spiro atoms. The lowest BCUT2D eigenvalue weighted by Gasteiger charge is -2.01. The molecular formula is C16H17N3O4S2. The predicted octanol–water partition coefficient (Wildman–Crippen LogP) is 2.08. The Labute approximate surface area is 149 Å². The first-order chi connectivity index (χ1) is 11.9. The summed E-state index contributed by atoms with van der Waals surface area (Å²) in [6.45, 7) is 0.251. The number of fused-ring (bicyclic) bond motifs is 1. The van der Waals surface area contributed by atoms with Crippen molar-refractivity contribution in [3.8, 4) is 5.75 Å². The van der Waals surface area contributed by atoms with Crippen molar-refractivity contribution in [2.24, 2.45) is 0 Å². The average Bonchev–Trinajstić information content (AvgIpc) is 3.26. The topological polar surface area (TPSA) is 100 Å². The molecule has 2 aromatic heterocycles. The number of sulfonamides is 1. The van der Waals surface area contributed by atoms with Gasteiger partial charge in [0.2, 0.25) is 10.0 Å². The van der Waals surface area contributed by atoms with Crippen molar-refractivity contribution in [3.63, 3.8) is 0 Å². The van der Waals surface area contributed by atoms with Crippen LogP contribution in [0.25, 0.3) is 10.9 Å². The number of amides is 1. The molecule has 0 unspecified atom stereocenters. The van der Waals surface area contributed by atoms with Crippen LogP contribution >= 0.6 is 11.3 Å². The number of benzene rings is 1. The second kappa shape index (κ2) is 6.87. The van der Waals surface area contributed by atoms with Crippen LogP contribution in [0.2, 0.25) is 0 Å². The lowest BCUT2D eigenvalue weighted by Crippen LogP contribution is -2.22. The van der Waals surface area contributed by atoms with Crippen LogP contribution in [0, 0.1) is 0 Å². The number of H-pyrrole nitrogens is 1. The van der Waals surface area contributed by atoms with E-state index in [-0.39, 0.29) is 16.7 Å². The van der Waals surface area contributed by atoms with Gasteiger partial charge in [0.25, 0.3) is 5.91 Å². The summed E-state index contributed by atoms with van der Waals surface area (Å²) in [5.41, 5.74) is 1.24. The first-order valence-corrected chi connectivity index (χ1v) is 9.70. The Kier molecular flexibility index (Phi) is 4.80. The summed E-state index contributed by atoms with van der Waals surface area (Å²) in [7, 11) is -0.507. The van der Waals surface area contributed by atoms with Gasteiger partial charge in [0.15, 0.2) is 0 Å². The summed E-state index contributed by atoms with van der Waals surface area (Å²) < 4.78 is 31.1. The molecule has 9 heteroatoms. The van der Waals surface area contributed by atoms with Crippen LogP contribution in [0.1, 0.15) is 15.4 Å². The van der Waals surface area contributed by atoms with Gasteiger partial charge < -0.3 is 15.0 Å². The molecule has 7 nitrogen and oxygen atoms in total. The number of hydrogen-bond acceptors (Lipinski definition) is 5. The molecular weight excluding hydrogens is 362 g/mol. The molecule has 0 bridgehead atoms. The van der Waals surface area contributed by atoms with Gasteiger partial charge in [0, 0.05) is 21.8 Å². The number of thiophene rings is 1. The fourth-order valence-electron chi connectivity index (χ4n) is 2.32. The lowest BCUT2D eigenvalue weighted by atomic mass is 10.2. The second-order valence-electron chi connectivity index (χ2n) is 5.25. The zero-order valence-corrected chi connectivity index (χ0v) is 15.3. The third-order valence-corrected chi connectivity index (χ3v) is 6.66. The summed E-state index contributed by atoms with van der Waals surface area (Å²) in [6.07, 6.45) is 0. The molecule has 0 atom stereocenters. The molecule has 0 saturated carbocycles. The molecule has 25 heavy (non-hydrogen) atoms. The maximum absolute atomic E-state index is 12.3. The van der Waals surface area contributed by atoms with Crippen molar-refractivity contribution in [3.05, 3.63) is 47.0 Å². The Hall–Kier alpha value is -2.36. The van der Waals surface area contributed by atoms with Gasteiger partial charge in [-0.05, 0) is 37.4 Å². The summed E-state index contributed by atoms with van der Waals surface area (Å²) in [5.74, 6) is 0.444. The Balaban J connectivity index is 1.70. The number of rotatable bonds is 6. The zero-order valence-electron chi connectivity index (χ0n) is 13.6. The SMILES string of the molecule is CNS(=O)(=O)c1ccc(CNC(=O)c2cc3ccc(OC)cc3[nH]2)s1. The number of hydrogen-bond donors (Lipinski definition) is 3. The normalized spacial score (nSPS) is 11.6. The van der Waals surface area contributed by atoms with E-state index < -0.39 is 10.0 Å². The van der Waals surface area contributed by atoms with Crippen molar-refractivity contribution in [1.82, 2.24) is 15.0 Å². The molecule has 0 aliphatic rings. The first kappa shape index (κ1) is 17.5. The highest BCUT2D eigenvalue weighted by atomic mass is 32.2. The minimum Gasteiger partial charge on any atom is -0.497 e. The number of aromatic nitrogens is 1. The predicted molar refractivity (Wildman–Crippen MR) is 96.6 cm³/mol. The molecule has 132 valence electrons. The summed E-state index contributed by atoms with van der Waals surface area (Å²) in [5, 5.41) is 3.69. The van der Waals surface area contributed by atoms with Crippen molar-refractivity contribution < 1.29 is 17.9 Å². The van der Waals surface area contributed by atoms with Crippen molar-refractivity contribution in [2.75, 3.05) is 14.2 Å². The number of methoxy groups -OCH3 is 1. The molecule has 3 N–H and O–H groups in total. The second-order valence-corrected chi connectivity index (χ2v) is 8.53. The molecule has 0 saturated heterocycles. The van der Waals surface area contributed by atoms with Gasteiger partial charge in [-0.25, -0.2) is 13.1 Å². The van der Waals surface area contributed by atoms with Gasteiger partial charge in [0.1, 0.15) is 15.7 Å². The van der Waals surface area contributed by atoms with E-state index in [1.165, 1.54) is 13.1 Å². The quantitative estimate of drug-likeness (QED) is 0.610. The molecule has 0 aliphatic carbocycles. The molecule has 3 aromatic rings. The highest BCUT2D eigenvalue weighted by Crippen LogP contribution is 2.22.